The molecule has 0 spiro atoms. The third kappa shape index (κ3) is 4.32. The SMILES string of the molecule is CC(=O)Nc1ccc(NC(=O)[C@H]2CC(=O)N=C(N)S2)cc1. The fraction of sp³-hybridized carbons (Fsp3) is 0.231. The Bertz CT molecular complexity index is 612. The highest BCUT2D eigenvalue weighted by Gasteiger charge is 2.27. The standard InChI is InChI=1S/C13H14N4O3S/c1-7(18)15-8-2-4-9(5-3-8)16-12(20)10-6-11(19)17-13(14)21-10/h2-5,10H,6H2,1H3,(H,15,18)(H,16,20)(H2,14,17,19)/t10-/m1/s1. The summed E-state index contributed by atoms with van der Waals surface area (Å²) in [5.74, 6) is -0.871. The predicted molar refractivity (Wildman–Crippen MR) is 82.0 cm³/mol. The normalized spacial score (nSPS) is 17.9. The summed E-state index contributed by atoms with van der Waals surface area (Å²) in [5.41, 5.74) is 6.70. The van der Waals surface area contributed by atoms with Gasteiger partial charge in [-0.05, 0) is 24.3 Å². The van der Waals surface area contributed by atoms with Gasteiger partial charge in [-0.2, -0.15) is 4.99 Å². The molecule has 1 atom stereocenters. The van der Waals surface area contributed by atoms with E-state index in [-0.39, 0.29) is 23.4 Å². The third-order valence-corrected chi connectivity index (χ3v) is 3.62. The van der Waals surface area contributed by atoms with Gasteiger partial charge in [0.25, 0.3) is 0 Å². The molecule has 1 aliphatic rings. The molecule has 3 amide bonds. The molecule has 21 heavy (non-hydrogen) atoms. The molecule has 2 rings (SSSR count). The third-order valence-electron chi connectivity index (χ3n) is 2.62. The first kappa shape index (κ1) is 15.0. The van der Waals surface area contributed by atoms with E-state index < -0.39 is 11.2 Å². The molecule has 7 nitrogen and oxygen atoms in total. The first-order valence-corrected chi connectivity index (χ1v) is 7.04. The van der Waals surface area contributed by atoms with Crippen LogP contribution in [0.3, 0.4) is 0 Å². The van der Waals surface area contributed by atoms with Gasteiger partial charge >= 0.3 is 0 Å². The zero-order valence-electron chi connectivity index (χ0n) is 11.3. The topological polar surface area (TPSA) is 114 Å². The van der Waals surface area contributed by atoms with Crippen LogP contribution in [0.2, 0.25) is 0 Å². The van der Waals surface area contributed by atoms with Crippen LogP contribution in [0.5, 0.6) is 0 Å². The number of benzene rings is 1. The number of thioether (sulfide) groups is 1. The van der Waals surface area contributed by atoms with Crippen molar-refractivity contribution in [3.05, 3.63) is 24.3 Å². The number of nitrogens with zero attached hydrogens (tertiary/aromatic N) is 1. The minimum Gasteiger partial charge on any atom is -0.378 e. The Hall–Kier alpha value is -2.35. The molecule has 0 bridgehead atoms. The minimum atomic E-state index is -0.579. The van der Waals surface area contributed by atoms with E-state index in [1.807, 2.05) is 0 Å². The van der Waals surface area contributed by atoms with Gasteiger partial charge < -0.3 is 16.4 Å². The lowest BCUT2D eigenvalue weighted by atomic mass is 10.2. The highest BCUT2D eigenvalue weighted by molar-refractivity contribution is 8.15. The van der Waals surface area contributed by atoms with E-state index >= 15 is 0 Å². The Morgan fingerprint density at radius 3 is 2.33 bits per heavy atom. The Balaban J connectivity index is 1.98. The minimum absolute atomic E-state index is 0.0289. The van der Waals surface area contributed by atoms with E-state index in [1.54, 1.807) is 24.3 Å². The van der Waals surface area contributed by atoms with Crippen molar-refractivity contribution in [1.29, 1.82) is 0 Å². The van der Waals surface area contributed by atoms with Gasteiger partial charge in [0.15, 0.2) is 5.17 Å². The van der Waals surface area contributed by atoms with Gasteiger partial charge in [-0.15, -0.1) is 0 Å². The van der Waals surface area contributed by atoms with Gasteiger partial charge in [-0.1, -0.05) is 11.8 Å². The molecule has 4 N–H and O–H groups in total. The fourth-order valence-corrected chi connectivity index (χ4v) is 2.59. The lowest BCUT2D eigenvalue weighted by Gasteiger charge is -2.17. The number of carbonyl (C=O) groups excluding carboxylic acids is 3. The second kappa shape index (κ2) is 6.40. The number of amides is 3. The lowest BCUT2D eigenvalue weighted by Crippen LogP contribution is -2.33. The number of nitrogens with one attached hydrogen (secondary N) is 2. The molecule has 110 valence electrons. The second-order valence-corrected chi connectivity index (χ2v) is 5.63. The average molecular weight is 306 g/mol. The molecule has 0 radical (unpaired) electrons. The molecular weight excluding hydrogens is 292 g/mol. The van der Waals surface area contributed by atoms with Gasteiger partial charge in [0.2, 0.25) is 17.7 Å². The van der Waals surface area contributed by atoms with E-state index in [9.17, 15) is 14.4 Å². The van der Waals surface area contributed by atoms with Crippen LogP contribution >= 0.6 is 11.8 Å². The van der Waals surface area contributed by atoms with Gasteiger partial charge in [-0.25, -0.2) is 0 Å². The highest BCUT2D eigenvalue weighted by atomic mass is 32.2. The van der Waals surface area contributed by atoms with Crippen molar-refractivity contribution in [3.63, 3.8) is 0 Å². The fourth-order valence-electron chi connectivity index (χ4n) is 1.75. The number of hydrogen-bond donors (Lipinski definition) is 3. The van der Waals surface area contributed by atoms with Crippen LogP contribution in [0.25, 0.3) is 0 Å². The number of anilines is 2. The van der Waals surface area contributed by atoms with E-state index in [0.717, 1.165) is 11.8 Å². The maximum Gasteiger partial charge on any atom is 0.249 e. The van der Waals surface area contributed by atoms with Crippen LogP contribution in [0, 0.1) is 0 Å². The predicted octanol–water partition coefficient (Wildman–Crippen LogP) is 0.930. The van der Waals surface area contributed by atoms with Crippen molar-refractivity contribution < 1.29 is 14.4 Å². The van der Waals surface area contributed by atoms with Crippen molar-refractivity contribution in [1.82, 2.24) is 0 Å². The van der Waals surface area contributed by atoms with Crippen molar-refractivity contribution in [2.24, 2.45) is 10.7 Å². The van der Waals surface area contributed by atoms with E-state index in [2.05, 4.69) is 15.6 Å². The number of rotatable bonds is 3. The summed E-state index contributed by atoms with van der Waals surface area (Å²) >= 11 is 1.07. The molecule has 1 heterocycles. The van der Waals surface area contributed by atoms with Gasteiger partial charge in [0.1, 0.15) is 5.25 Å². The molecule has 1 aliphatic heterocycles. The first-order valence-electron chi connectivity index (χ1n) is 6.16. The molecule has 0 aliphatic carbocycles. The molecule has 0 saturated heterocycles. The van der Waals surface area contributed by atoms with Crippen LogP contribution in [0.15, 0.2) is 29.3 Å². The molecule has 8 heteroatoms. The number of amidine groups is 1. The quantitative estimate of drug-likeness (QED) is 0.768. The summed E-state index contributed by atoms with van der Waals surface area (Å²) in [7, 11) is 0. The first-order chi connectivity index (χ1) is 9.94. The molecule has 0 saturated carbocycles. The lowest BCUT2D eigenvalue weighted by molar-refractivity contribution is -0.121. The monoisotopic (exact) mass is 306 g/mol. The van der Waals surface area contributed by atoms with Crippen molar-refractivity contribution >= 4 is 46.0 Å². The molecule has 1 aromatic carbocycles. The Labute approximate surface area is 125 Å². The Morgan fingerprint density at radius 1 is 1.24 bits per heavy atom. The van der Waals surface area contributed by atoms with Crippen LogP contribution < -0.4 is 16.4 Å². The maximum atomic E-state index is 12.1. The van der Waals surface area contributed by atoms with Crippen molar-refractivity contribution in [2.75, 3.05) is 10.6 Å². The zero-order chi connectivity index (χ0) is 15.4. The second-order valence-electron chi connectivity index (χ2n) is 4.40. The van der Waals surface area contributed by atoms with Crippen molar-refractivity contribution in [2.45, 2.75) is 18.6 Å². The van der Waals surface area contributed by atoms with Crippen LogP contribution in [0.1, 0.15) is 13.3 Å². The van der Waals surface area contributed by atoms with Gasteiger partial charge in [-0.3, -0.25) is 14.4 Å². The molecule has 0 aromatic heterocycles. The average Bonchev–Trinajstić information content (AvgIpc) is 2.39. The maximum absolute atomic E-state index is 12.1. The Morgan fingerprint density at radius 2 is 1.81 bits per heavy atom. The molecule has 0 unspecified atom stereocenters. The van der Waals surface area contributed by atoms with Gasteiger partial charge in [0.05, 0.1) is 6.42 Å². The van der Waals surface area contributed by atoms with E-state index in [4.69, 9.17) is 5.73 Å². The zero-order valence-corrected chi connectivity index (χ0v) is 12.1. The number of hydrogen-bond acceptors (Lipinski definition) is 5. The van der Waals surface area contributed by atoms with Crippen LogP contribution in [0.4, 0.5) is 11.4 Å². The number of nitrogens with two attached hydrogens (primary N) is 1. The summed E-state index contributed by atoms with van der Waals surface area (Å²) in [6.45, 7) is 1.42. The van der Waals surface area contributed by atoms with Crippen molar-refractivity contribution in [3.8, 4) is 0 Å². The number of carbonyl (C=O) groups is 3. The van der Waals surface area contributed by atoms with E-state index in [0.29, 0.717) is 11.4 Å². The van der Waals surface area contributed by atoms with Crippen LogP contribution in [-0.2, 0) is 14.4 Å². The van der Waals surface area contributed by atoms with Gasteiger partial charge in [0, 0.05) is 18.3 Å². The van der Waals surface area contributed by atoms with E-state index in [1.165, 1.54) is 6.92 Å². The smallest absolute Gasteiger partial charge is 0.249 e. The largest absolute Gasteiger partial charge is 0.378 e. The molecular formula is C13H14N4O3S. The summed E-state index contributed by atoms with van der Waals surface area (Å²) in [4.78, 5) is 37.8. The highest BCUT2D eigenvalue weighted by Crippen LogP contribution is 2.22. The van der Waals surface area contributed by atoms with Crippen LogP contribution in [-0.4, -0.2) is 28.1 Å². The summed E-state index contributed by atoms with van der Waals surface area (Å²) in [6.07, 6.45) is 0.0289. The number of aliphatic imine (C=N–C) groups is 1. The summed E-state index contributed by atoms with van der Waals surface area (Å²) in [5, 5.41) is 4.85. The molecule has 1 aromatic rings. The molecule has 0 fully saturated rings. The summed E-state index contributed by atoms with van der Waals surface area (Å²) in [6, 6.07) is 6.67. The summed E-state index contributed by atoms with van der Waals surface area (Å²) < 4.78 is 0. The Kier molecular flexibility index (Phi) is 4.59.